The van der Waals surface area contributed by atoms with Crippen LogP contribution in [0.15, 0.2) is 35.4 Å². The van der Waals surface area contributed by atoms with Crippen LogP contribution < -0.4 is 4.72 Å². The van der Waals surface area contributed by atoms with Crippen LogP contribution in [0.5, 0.6) is 0 Å². The van der Waals surface area contributed by atoms with E-state index < -0.39 is 10.0 Å². The molecule has 2 N–H and O–H groups in total. The fourth-order valence-electron chi connectivity index (χ4n) is 1.71. The summed E-state index contributed by atoms with van der Waals surface area (Å²) in [5, 5.41) is 6.50. The quantitative estimate of drug-likeness (QED) is 0.888. The number of H-pyrrole nitrogens is 1. The number of hydrogen-bond acceptors (Lipinski definition) is 3. The minimum atomic E-state index is -3.57. The second kappa shape index (κ2) is 4.81. The SMILES string of the molecule is CCc1cn[nH]c1NS(=O)(=O)c1ccccc1C. The van der Waals surface area contributed by atoms with Crippen LogP contribution in [-0.4, -0.2) is 18.6 Å². The molecule has 0 unspecified atom stereocenters. The summed E-state index contributed by atoms with van der Waals surface area (Å²) in [6.45, 7) is 3.71. The standard InChI is InChI=1S/C12H15N3O2S/c1-3-10-8-13-14-12(10)15-18(16,17)11-7-5-4-6-9(11)2/h4-8H,3H2,1-2H3,(H2,13,14,15). The van der Waals surface area contributed by atoms with Gasteiger partial charge in [-0.1, -0.05) is 25.1 Å². The fraction of sp³-hybridized carbons (Fsp3) is 0.250. The van der Waals surface area contributed by atoms with Gasteiger partial charge in [0.2, 0.25) is 0 Å². The van der Waals surface area contributed by atoms with Gasteiger partial charge >= 0.3 is 0 Å². The van der Waals surface area contributed by atoms with Crippen molar-refractivity contribution in [1.82, 2.24) is 10.2 Å². The van der Waals surface area contributed by atoms with Crippen LogP contribution in [0.25, 0.3) is 0 Å². The highest BCUT2D eigenvalue weighted by atomic mass is 32.2. The van der Waals surface area contributed by atoms with Gasteiger partial charge in [0, 0.05) is 5.56 Å². The Morgan fingerprint density at radius 3 is 2.72 bits per heavy atom. The van der Waals surface area contributed by atoms with E-state index in [0.717, 1.165) is 5.56 Å². The van der Waals surface area contributed by atoms with E-state index in [2.05, 4.69) is 14.9 Å². The molecule has 0 amide bonds. The van der Waals surface area contributed by atoms with Crippen molar-refractivity contribution in [3.8, 4) is 0 Å². The number of anilines is 1. The summed E-state index contributed by atoms with van der Waals surface area (Å²) in [7, 11) is -3.57. The Balaban J connectivity index is 2.37. The van der Waals surface area contributed by atoms with E-state index in [1.165, 1.54) is 0 Å². The van der Waals surface area contributed by atoms with Gasteiger partial charge in [-0.25, -0.2) is 8.42 Å². The van der Waals surface area contributed by atoms with E-state index in [4.69, 9.17) is 0 Å². The van der Waals surface area contributed by atoms with Crippen molar-refractivity contribution in [2.75, 3.05) is 4.72 Å². The Kier molecular flexibility index (Phi) is 3.38. The number of nitrogens with one attached hydrogen (secondary N) is 2. The molecule has 18 heavy (non-hydrogen) atoms. The number of aromatic amines is 1. The normalized spacial score (nSPS) is 11.4. The minimum absolute atomic E-state index is 0.279. The molecule has 0 aliphatic rings. The topological polar surface area (TPSA) is 74.8 Å². The first-order valence-electron chi connectivity index (χ1n) is 5.65. The van der Waals surface area contributed by atoms with Crippen molar-refractivity contribution in [2.24, 2.45) is 0 Å². The molecule has 0 spiro atoms. The molecule has 0 fully saturated rings. The molecule has 0 atom stereocenters. The second-order valence-corrected chi connectivity index (χ2v) is 5.65. The summed E-state index contributed by atoms with van der Waals surface area (Å²) in [5.41, 5.74) is 1.55. The number of aromatic nitrogens is 2. The summed E-state index contributed by atoms with van der Waals surface area (Å²) < 4.78 is 27.0. The number of benzene rings is 1. The van der Waals surface area contributed by atoms with Crippen molar-refractivity contribution < 1.29 is 8.42 Å². The molecule has 0 aliphatic heterocycles. The van der Waals surface area contributed by atoms with Crippen molar-refractivity contribution in [3.05, 3.63) is 41.6 Å². The Bertz CT molecular complexity index is 647. The zero-order valence-corrected chi connectivity index (χ0v) is 11.1. The maximum atomic E-state index is 12.2. The molecule has 0 aliphatic carbocycles. The molecule has 2 aromatic rings. The number of rotatable bonds is 4. The van der Waals surface area contributed by atoms with Gasteiger partial charge in [0.1, 0.15) is 5.82 Å². The molecular weight excluding hydrogens is 250 g/mol. The lowest BCUT2D eigenvalue weighted by Crippen LogP contribution is -2.15. The van der Waals surface area contributed by atoms with E-state index in [-0.39, 0.29) is 4.90 Å². The third-order valence-electron chi connectivity index (χ3n) is 2.72. The first kappa shape index (κ1) is 12.6. The highest BCUT2D eigenvalue weighted by Crippen LogP contribution is 2.20. The largest absolute Gasteiger partial charge is 0.263 e. The summed E-state index contributed by atoms with van der Waals surface area (Å²) in [4.78, 5) is 0.279. The highest BCUT2D eigenvalue weighted by Gasteiger charge is 2.18. The molecule has 2 rings (SSSR count). The average Bonchev–Trinajstić information content (AvgIpc) is 2.76. The minimum Gasteiger partial charge on any atom is -0.263 e. The first-order valence-corrected chi connectivity index (χ1v) is 7.13. The third-order valence-corrected chi connectivity index (χ3v) is 4.23. The van der Waals surface area contributed by atoms with Gasteiger partial charge in [0.05, 0.1) is 11.1 Å². The molecule has 0 bridgehead atoms. The number of sulfonamides is 1. The summed E-state index contributed by atoms with van der Waals surface area (Å²) >= 11 is 0. The molecule has 1 heterocycles. The predicted molar refractivity (Wildman–Crippen MR) is 70.0 cm³/mol. The molecule has 6 heteroatoms. The van der Waals surface area contributed by atoms with Crippen LogP contribution in [0.1, 0.15) is 18.1 Å². The number of aryl methyl sites for hydroxylation is 2. The van der Waals surface area contributed by atoms with Gasteiger partial charge in [-0.2, -0.15) is 5.10 Å². The average molecular weight is 265 g/mol. The zero-order chi connectivity index (χ0) is 13.2. The van der Waals surface area contributed by atoms with Crippen molar-refractivity contribution in [2.45, 2.75) is 25.2 Å². The van der Waals surface area contributed by atoms with Gasteiger partial charge in [-0.05, 0) is 25.0 Å². The van der Waals surface area contributed by atoms with Gasteiger partial charge in [0.25, 0.3) is 10.0 Å². The van der Waals surface area contributed by atoms with Crippen LogP contribution in [0.2, 0.25) is 0 Å². The van der Waals surface area contributed by atoms with Crippen LogP contribution in [-0.2, 0) is 16.4 Å². The Hall–Kier alpha value is -1.82. The fourth-order valence-corrected chi connectivity index (χ4v) is 3.02. The molecule has 96 valence electrons. The van der Waals surface area contributed by atoms with Crippen LogP contribution in [0.3, 0.4) is 0 Å². The monoisotopic (exact) mass is 265 g/mol. The lowest BCUT2D eigenvalue weighted by molar-refractivity contribution is 0.600. The van der Waals surface area contributed by atoms with Crippen molar-refractivity contribution in [3.63, 3.8) is 0 Å². The Morgan fingerprint density at radius 2 is 2.06 bits per heavy atom. The second-order valence-electron chi connectivity index (χ2n) is 3.99. The van der Waals surface area contributed by atoms with E-state index in [1.807, 2.05) is 13.0 Å². The lowest BCUT2D eigenvalue weighted by atomic mass is 10.2. The van der Waals surface area contributed by atoms with Crippen molar-refractivity contribution in [1.29, 1.82) is 0 Å². The van der Waals surface area contributed by atoms with E-state index in [0.29, 0.717) is 17.8 Å². The lowest BCUT2D eigenvalue weighted by Gasteiger charge is -2.09. The summed E-state index contributed by atoms with van der Waals surface area (Å²) in [5.74, 6) is 0.431. The number of hydrogen-bond donors (Lipinski definition) is 2. The van der Waals surface area contributed by atoms with Gasteiger partial charge in [-0.15, -0.1) is 0 Å². The smallest absolute Gasteiger partial charge is 0.263 e. The van der Waals surface area contributed by atoms with E-state index in [1.54, 1.807) is 31.3 Å². The first-order chi connectivity index (χ1) is 8.54. The third kappa shape index (κ3) is 2.38. The molecule has 1 aromatic heterocycles. The van der Waals surface area contributed by atoms with Gasteiger partial charge < -0.3 is 0 Å². The van der Waals surface area contributed by atoms with Crippen molar-refractivity contribution >= 4 is 15.8 Å². The Labute approximate surface area is 106 Å². The maximum Gasteiger partial charge on any atom is 0.263 e. The molecule has 0 radical (unpaired) electrons. The summed E-state index contributed by atoms with van der Waals surface area (Å²) in [6, 6.07) is 6.86. The van der Waals surface area contributed by atoms with Crippen LogP contribution in [0.4, 0.5) is 5.82 Å². The van der Waals surface area contributed by atoms with E-state index >= 15 is 0 Å². The van der Waals surface area contributed by atoms with Gasteiger partial charge in [0.15, 0.2) is 0 Å². The molecule has 1 aromatic carbocycles. The van der Waals surface area contributed by atoms with Crippen LogP contribution >= 0.6 is 0 Å². The van der Waals surface area contributed by atoms with Gasteiger partial charge in [-0.3, -0.25) is 9.82 Å². The molecule has 0 saturated heterocycles. The maximum absolute atomic E-state index is 12.2. The van der Waals surface area contributed by atoms with Crippen LogP contribution in [0, 0.1) is 6.92 Å². The summed E-state index contributed by atoms with van der Waals surface area (Å²) in [6.07, 6.45) is 2.33. The zero-order valence-electron chi connectivity index (χ0n) is 10.3. The predicted octanol–water partition coefficient (Wildman–Crippen LogP) is 2.08. The van der Waals surface area contributed by atoms with E-state index in [9.17, 15) is 8.42 Å². The molecule has 5 nitrogen and oxygen atoms in total. The number of nitrogens with zero attached hydrogens (tertiary/aromatic N) is 1. The molecule has 0 saturated carbocycles. The highest BCUT2D eigenvalue weighted by molar-refractivity contribution is 7.92. The Morgan fingerprint density at radius 1 is 1.33 bits per heavy atom. The molecular formula is C12H15N3O2S.